The van der Waals surface area contributed by atoms with Crippen LogP contribution in [0.2, 0.25) is 0 Å². The van der Waals surface area contributed by atoms with E-state index in [1.807, 2.05) is 19.1 Å². The summed E-state index contributed by atoms with van der Waals surface area (Å²) in [5, 5.41) is 0. The van der Waals surface area contributed by atoms with Crippen LogP contribution in [-0.2, 0) is 21.9 Å². The fraction of sp³-hybridized carbons (Fsp3) is 0.455. The Bertz CT molecular complexity index is 904. The third-order valence-electron chi connectivity index (χ3n) is 6.51. The fourth-order valence-corrected chi connectivity index (χ4v) is 6.42. The van der Waals surface area contributed by atoms with Crippen molar-refractivity contribution in [2.24, 2.45) is 5.92 Å². The number of sulfonamides is 1. The maximum atomic E-state index is 12.9. The first-order valence-electron chi connectivity index (χ1n) is 9.57. The van der Waals surface area contributed by atoms with Gasteiger partial charge in [-0.3, -0.25) is 0 Å². The third-order valence-corrected chi connectivity index (χ3v) is 8.02. The molecule has 0 saturated heterocycles. The van der Waals surface area contributed by atoms with Crippen LogP contribution in [0.1, 0.15) is 49.3 Å². The number of rotatable bonds is 3. The topological polar surface area (TPSA) is 46.2 Å². The van der Waals surface area contributed by atoms with Crippen LogP contribution in [0.3, 0.4) is 0 Å². The number of nitrogens with one attached hydrogen (secondary N) is 1. The summed E-state index contributed by atoms with van der Waals surface area (Å²) in [6, 6.07) is 15.8. The van der Waals surface area contributed by atoms with Crippen LogP contribution in [0.25, 0.3) is 0 Å². The van der Waals surface area contributed by atoms with Gasteiger partial charge in [-0.25, -0.2) is 13.1 Å². The summed E-state index contributed by atoms with van der Waals surface area (Å²) in [5.41, 5.74) is 4.00. The smallest absolute Gasteiger partial charge is 0.208 e. The van der Waals surface area contributed by atoms with Crippen molar-refractivity contribution in [3.8, 4) is 0 Å². The predicted molar refractivity (Wildman–Crippen MR) is 105 cm³/mol. The Balaban J connectivity index is 1.63. The van der Waals surface area contributed by atoms with Crippen molar-refractivity contribution in [3.05, 3.63) is 65.2 Å². The Morgan fingerprint density at radius 1 is 1.04 bits per heavy atom. The van der Waals surface area contributed by atoms with Crippen LogP contribution in [-0.4, -0.2) is 14.5 Å². The van der Waals surface area contributed by atoms with Crippen molar-refractivity contribution in [2.45, 2.75) is 62.3 Å². The number of hydrogen-bond acceptors (Lipinski definition) is 2. The first kappa shape index (κ1) is 17.7. The molecule has 1 saturated carbocycles. The van der Waals surface area contributed by atoms with Gasteiger partial charge < -0.3 is 0 Å². The molecule has 4 heteroatoms. The van der Waals surface area contributed by atoms with E-state index in [-0.39, 0.29) is 11.5 Å². The highest BCUT2D eigenvalue weighted by Gasteiger charge is 2.47. The van der Waals surface area contributed by atoms with Crippen LogP contribution >= 0.6 is 0 Å². The van der Waals surface area contributed by atoms with E-state index in [1.54, 1.807) is 12.1 Å². The van der Waals surface area contributed by atoms with Crippen molar-refractivity contribution in [1.82, 2.24) is 4.72 Å². The second-order valence-corrected chi connectivity index (χ2v) is 9.87. The summed E-state index contributed by atoms with van der Waals surface area (Å²) >= 11 is 0. The van der Waals surface area contributed by atoms with E-state index in [4.69, 9.17) is 0 Å². The highest BCUT2D eigenvalue weighted by molar-refractivity contribution is 7.89. The van der Waals surface area contributed by atoms with Crippen molar-refractivity contribution in [2.75, 3.05) is 0 Å². The van der Waals surface area contributed by atoms with Gasteiger partial charge in [0.15, 0.2) is 0 Å². The Morgan fingerprint density at radius 2 is 1.77 bits per heavy atom. The first-order valence-corrected chi connectivity index (χ1v) is 11.1. The molecule has 2 aliphatic rings. The van der Waals surface area contributed by atoms with Crippen LogP contribution in [0.4, 0.5) is 0 Å². The summed E-state index contributed by atoms with van der Waals surface area (Å²) in [4.78, 5) is 0.367. The largest absolute Gasteiger partial charge is 0.240 e. The second-order valence-electron chi connectivity index (χ2n) is 8.15. The molecule has 2 aromatic carbocycles. The molecule has 1 N–H and O–H groups in total. The molecule has 0 heterocycles. The van der Waals surface area contributed by atoms with Gasteiger partial charge in [-0.05, 0) is 67.2 Å². The van der Waals surface area contributed by atoms with Gasteiger partial charge in [0.05, 0.1) is 4.90 Å². The molecule has 0 bridgehead atoms. The monoisotopic (exact) mass is 369 g/mol. The van der Waals surface area contributed by atoms with Crippen LogP contribution in [0.5, 0.6) is 0 Å². The summed E-state index contributed by atoms with van der Waals surface area (Å²) in [6.45, 7) is 4.30. The van der Waals surface area contributed by atoms with Gasteiger partial charge in [0.2, 0.25) is 10.0 Å². The number of aryl methyl sites for hydroxylation is 2. The van der Waals surface area contributed by atoms with E-state index in [0.29, 0.717) is 10.8 Å². The van der Waals surface area contributed by atoms with Crippen LogP contribution < -0.4 is 4.72 Å². The van der Waals surface area contributed by atoms with E-state index < -0.39 is 10.0 Å². The number of benzene rings is 2. The summed E-state index contributed by atoms with van der Waals surface area (Å²) in [6.07, 6.45) is 5.21. The lowest BCUT2D eigenvalue weighted by Gasteiger charge is -2.50. The Labute approximate surface area is 156 Å². The first-order chi connectivity index (χ1) is 12.4. The van der Waals surface area contributed by atoms with Gasteiger partial charge >= 0.3 is 0 Å². The van der Waals surface area contributed by atoms with Gasteiger partial charge in [0.25, 0.3) is 0 Å². The van der Waals surface area contributed by atoms with Gasteiger partial charge in [-0.15, -0.1) is 0 Å². The molecular formula is C22H27NO2S. The van der Waals surface area contributed by atoms with Gasteiger partial charge in [-0.2, -0.15) is 0 Å². The summed E-state index contributed by atoms with van der Waals surface area (Å²) < 4.78 is 28.9. The predicted octanol–water partition coefficient (Wildman–Crippen LogP) is 4.35. The maximum absolute atomic E-state index is 12.9. The molecule has 3 atom stereocenters. The molecule has 26 heavy (non-hydrogen) atoms. The molecule has 138 valence electrons. The summed E-state index contributed by atoms with van der Waals surface area (Å²) in [5.74, 6) is 0.353. The van der Waals surface area contributed by atoms with Gasteiger partial charge in [0, 0.05) is 6.04 Å². The molecule has 2 aliphatic carbocycles. The molecule has 0 unspecified atom stereocenters. The van der Waals surface area contributed by atoms with Gasteiger partial charge in [-0.1, -0.05) is 55.3 Å². The lowest BCUT2D eigenvalue weighted by Crippen LogP contribution is -2.53. The SMILES string of the molecule is Cc1ccc(S(=O)(=O)N[C@H]2CCC[C@@]3(C)c4ccccc4CC[C@H]23)cc1. The Morgan fingerprint density at radius 3 is 2.54 bits per heavy atom. The number of hydrogen-bond donors (Lipinski definition) is 1. The van der Waals surface area contributed by atoms with Crippen molar-refractivity contribution in [3.63, 3.8) is 0 Å². The zero-order valence-corrected chi connectivity index (χ0v) is 16.4. The van der Waals surface area contributed by atoms with Crippen molar-refractivity contribution in [1.29, 1.82) is 0 Å². The molecule has 0 aromatic heterocycles. The van der Waals surface area contributed by atoms with E-state index in [2.05, 4.69) is 35.9 Å². The lowest BCUT2D eigenvalue weighted by molar-refractivity contribution is 0.143. The molecule has 4 rings (SSSR count). The minimum atomic E-state index is -3.48. The molecule has 0 spiro atoms. The van der Waals surface area contributed by atoms with Crippen molar-refractivity contribution >= 4 is 10.0 Å². The van der Waals surface area contributed by atoms with Gasteiger partial charge in [0.1, 0.15) is 0 Å². The van der Waals surface area contributed by atoms with Crippen LogP contribution in [0.15, 0.2) is 53.4 Å². The molecule has 0 aliphatic heterocycles. The average molecular weight is 370 g/mol. The molecule has 0 radical (unpaired) electrons. The zero-order chi connectivity index (χ0) is 18.4. The lowest BCUT2D eigenvalue weighted by atomic mass is 9.57. The summed E-state index contributed by atoms with van der Waals surface area (Å²) in [7, 11) is -3.48. The Kier molecular flexibility index (Phi) is 4.44. The van der Waals surface area contributed by atoms with Crippen molar-refractivity contribution < 1.29 is 8.42 Å². The standard InChI is InChI=1S/C22H27NO2S/c1-16-9-12-18(13-10-16)26(24,25)23-21-8-5-15-22(2)19-7-4-3-6-17(19)11-14-20(21)22/h3-4,6-7,9-10,12-13,20-21,23H,5,8,11,14-15H2,1-2H3/t20-,21+,22+/m1/s1. The highest BCUT2D eigenvalue weighted by Crippen LogP contribution is 2.50. The normalized spacial score (nSPS) is 28.2. The quantitative estimate of drug-likeness (QED) is 0.874. The molecular weight excluding hydrogens is 342 g/mol. The minimum absolute atomic E-state index is 0.00779. The highest BCUT2D eigenvalue weighted by atomic mass is 32.2. The Hall–Kier alpha value is -1.65. The molecule has 0 amide bonds. The fourth-order valence-electron chi connectivity index (χ4n) is 5.11. The average Bonchev–Trinajstić information content (AvgIpc) is 2.62. The maximum Gasteiger partial charge on any atom is 0.240 e. The number of fused-ring (bicyclic) bond motifs is 3. The van der Waals surface area contributed by atoms with E-state index in [9.17, 15) is 8.42 Å². The second kappa shape index (κ2) is 6.50. The minimum Gasteiger partial charge on any atom is -0.208 e. The zero-order valence-electron chi connectivity index (χ0n) is 15.5. The van der Waals surface area contributed by atoms with E-state index in [1.165, 1.54) is 11.1 Å². The molecule has 1 fully saturated rings. The van der Waals surface area contributed by atoms with E-state index in [0.717, 1.165) is 37.7 Å². The molecule has 2 aromatic rings. The van der Waals surface area contributed by atoms with E-state index >= 15 is 0 Å². The van der Waals surface area contributed by atoms with Crippen LogP contribution in [0, 0.1) is 12.8 Å². The third kappa shape index (κ3) is 2.99. The molecule has 3 nitrogen and oxygen atoms in total.